The maximum absolute atomic E-state index is 10.3. The van der Waals surface area contributed by atoms with Crippen LogP contribution in [0.5, 0.6) is 0 Å². The molecule has 3 atom stereocenters. The van der Waals surface area contributed by atoms with Gasteiger partial charge in [0.15, 0.2) is 0 Å². The fourth-order valence-electron chi connectivity index (χ4n) is 3.72. The molecule has 0 amide bonds. The van der Waals surface area contributed by atoms with Gasteiger partial charge in [-0.1, -0.05) is 72.6 Å². The van der Waals surface area contributed by atoms with Gasteiger partial charge in [0.1, 0.15) is 0 Å². The second-order valence-electron chi connectivity index (χ2n) is 8.46. The van der Waals surface area contributed by atoms with Gasteiger partial charge in [0.2, 0.25) is 0 Å². The molecule has 3 unspecified atom stereocenters. The van der Waals surface area contributed by atoms with Crippen molar-refractivity contribution in [1.82, 2.24) is 0 Å². The van der Waals surface area contributed by atoms with E-state index < -0.39 is 35.3 Å². The van der Waals surface area contributed by atoms with E-state index >= 15 is 0 Å². The maximum Gasteiger partial charge on any atom is 0.327 e. The Kier molecular flexibility index (Phi) is 19.2. The van der Waals surface area contributed by atoms with E-state index in [0.29, 0.717) is 24.9 Å². The zero-order valence-electron chi connectivity index (χ0n) is 19.8. The minimum atomic E-state index is -2.63. The van der Waals surface area contributed by atoms with Gasteiger partial charge in [0, 0.05) is 6.61 Å². The van der Waals surface area contributed by atoms with Crippen LogP contribution in [0.2, 0.25) is 0 Å². The van der Waals surface area contributed by atoms with Crippen LogP contribution in [0.3, 0.4) is 0 Å². The van der Waals surface area contributed by atoms with Crippen LogP contribution < -0.4 is 0 Å². The van der Waals surface area contributed by atoms with Gasteiger partial charge in [-0.15, -0.1) is 0 Å². The number of hydrogen-bond acceptors (Lipinski definition) is 8. The molecule has 10 heteroatoms. The SMILES string of the molecule is CCCCC(CC)COC(CC(CC)CCCC)C(CO)(COP(O)O)COP(O)O. The molecule has 8 nitrogen and oxygen atoms in total. The van der Waals surface area contributed by atoms with Crippen molar-refractivity contribution in [2.24, 2.45) is 17.3 Å². The molecule has 0 fully saturated rings. The van der Waals surface area contributed by atoms with Crippen molar-refractivity contribution in [1.29, 1.82) is 0 Å². The van der Waals surface area contributed by atoms with Gasteiger partial charge in [0.05, 0.1) is 31.3 Å². The number of ether oxygens (including phenoxy) is 1. The topological polar surface area (TPSA) is 129 Å². The van der Waals surface area contributed by atoms with Gasteiger partial charge < -0.3 is 38.5 Å². The zero-order valence-corrected chi connectivity index (χ0v) is 21.6. The predicted octanol–water partition coefficient (Wildman–Crippen LogP) is 4.63. The first-order valence-electron chi connectivity index (χ1n) is 11.6. The molecule has 0 aromatic rings. The van der Waals surface area contributed by atoms with Crippen molar-refractivity contribution in [3.8, 4) is 0 Å². The summed E-state index contributed by atoms with van der Waals surface area (Å²) in [6.45, 7) is 8.25. The molecular weight excluding hydrogens is 442 g/mol. The van der Waals surface area contributed by atoms with E-state index in [9.17, 15) is 24.7 Å². The molecule has 31 heavy (non-hydrogen) atoms. The lowest BCUT2D eigenvalue weighted by Crippen LogP contribution is -2.48. The first-order valence-corrected chi connectivity index (χ1v) is 13.9. The van der Waals surface area contributed by atoms with Crippen LogP contribution in [0.25, 0.3) is 0 Å². The lowest BCUT2D eigenvalue weighted by molar-refractivity contribution is -0.122. The second-order valence-corrected chi connectivity index (χ2v) is 9.99. The number of rotatable bonds is 21. The third-order valence-electron chi connectivity index (χ3n) is 6.10. The summed E-state index contributed by atoms with van der Waals surface area (Å²) in [5.41, 5.74) is -1.14. The van der Waals surface area contributed by atoms with Crippen LogP contribution in [-0.2, 0) is 13.8 Å². The molecule has 0 saturated carbocycles. The van der Waals surface area contributed by atoms with Crippen molar-refractivity contribution in [2.75, 3.05) is 26.4 Å². The van der Waals surface area contributed by atoms with Crippen molar-refractivity contribution >= 4 is 17.2 Å². The largest absolute Gasteiger partial charge is 0.396 e. The number of aliphatic hydroxyl groups is 1. The fraction of sp³-hybridized carbons (Fsp3) is 1.00. The summed E-state index contributed by atoms with van der Waals surface area (Å²) in [6.07, 6.45) is 8.61. The molecule has 188 valence electrons. The van der Waals surface area contributed by atoms with Crippen molar-refractivity contribution < 1.29 is 38.5 Å². The highest BCUT2D eigenvalue weighted by Crippen LogP contribution is 2.39. The highest BCUT2D eigenvalue weighted by atomic mass is 31.2. The van der Waals surface area contributed by atoms with Gasteiger partial charge >= 0.3 is 17.2 Å². The first-order chi connectivity index (χ1) is 14.8. The van der Waals surface area contributed by atoms with E-state index in [0.717, 1.165) is 51.4 Å². The van der Waals surface area contributed by atoms with E-state index in [1.165, 1.54) is 0 Å². The summed E-state index contributed by atoms with van der Waals surface area (Å²) in [5, 5.41) is 10.3. The fourth-order valence-corrected chi connectivity index (χ4v) is 4.47. The Morgan fingerprint density at radius 1 is 0.774 bits per heavy atom. The van der Waals surface area contributed by atoms with E-state index in [1.807, 2.05) is 0 Å². The Morgan fingerprint density at radius 2 is 1.26 bits per heavy atom. The molecule has 0 radical (unpaired) electrons. The third kappa shape index (κ3) is 13.7. The summed E-state index contributed by atoms with van der Waals surface area (Å²) in [4.78, 5) is 37.2. The van der Waals surface area contributed by atoms with E-state index in [-0.39, 0.29) is 13.2 Å². The van der Waals surface area contributed by atoms with Gasteiger partial charge in [-0.05, 0) is 24.7 Å². The molecule has 0 rings (SSSR count). The van der Waals surface area contributed by atoms with Crippen LogP contribution in [0.15, 0.2) is 0 Å². The van der Waals surface area contributed by atoms with Crippen LogP contribution in [0.1, 0.15) is 85.5 Å². The minimum absolute atomic E-state index is 0.216. The second kappa shape index (κ2) is 18.9. The standard InChI is InChI=1S/C21H46O8P2/c1-5-9-11-18(7-3)13-20(27-14-19(8-4)12-10-6-2)21(15-22,16-28-30(23)24)17-29-31(25)26/h18-20,22-26H,5-17H2,1-4H3. The van der Waals surface area contributed by atoms with Gasteiger partial charge in [0.25, 0.3) is 0 Å². The minimum Gasteiger partial charge on any atom is -0.396 e. The molecule has 0 heterocycles. The molecule has 0 aliphatic carbocycles. The zero-order chi connectivity index (χ0) is 23.7. The number of unbranched alkanes of at least 4 members (excludes halogenated alkanes) is 2. The molecule has 0 aromatic carbocycles. The average Bonchev–Trinajstić information content (AvgIpc) is 2.75. The van der Waals surface area contributed by atoms with E-state index in [1.54, 1.807) is 0 Å². The molecule has 0 aromatic heterocycles. The van der Waals surface area contributed by atoms with E-state index in [4.69, 9.17) is 13.8 Å². The van der Waals surface area contributed by atoms with Crippen molar-refractivity contribution in [3.63, 3.8) is 0 Å². The molecule has 0 aliphatic rings. The quantitative estimate of drug-likeness (QED) is 0.148. The summed E-state index contributed by atoms with van der Waals surface area (Å²) >= 11 is 0. The predicted molar refractivity (Wildman–Crippen MR) is 125 cm³/mol. The third-order valence-corrected chi connectivity index (χ3v) is 6.82. The number of hydrogen-bond donors (Lipinski definition) is 5. The Labute approximate surface area is 191 Å². The van der Waals surface area contributed by atoms with Crippen molar-refractivity contribution in [3.05, 3.63) is 0 Å². The summed E-state index contributed by atoms with van der Waals surface area (Å²) < 4.78 is 16.6. The lowest BCUT2D eigenvalue weighted by Gasteiger charge is -2.40. The first kappa shape index (κ1) is 31.5. The Morgan fingerprint density at radius 3 is 1.65 bits per heavy atom. The molecule has 5 N–H and O–H groups in total. The van der Waals surface area contributed by atoms with Gasteiger partial charge in [-0.25, -0.2) is 0 Å². The smallest absolute Gasteiger partial charge is 0.327 e. The average molecular weight is 489 g/mol. The summed E-state index contributed by atoms with van der Waals surface area (Å²) in [6, 6.07) is 0. The van der Waals surface area contributed by atoms with Crippen molar-refractivity contribution in [2.45, 2.75) is 91.6 Å². The summed E-state index contributed by atoms with van der Waals surface area (Å²) in [5.74, 6) is 0.748. The normalized spacial score (nSPS) is 15.6. The molecule has 0 aliphatic heterocycles. The summed E-state index contributed by atoms with van der Waals surface area (Å²) in [7, 11) is -5.26. The monoisotopic (exact) mass is 488 g/mol. The number of aliphatic hydroxyl groups excluding tert-OH is 1. The van der Waals surface area contributed by atoms with Crippen LogP contribution >= 0.6 is 17.2 Å². The molecule has 0 bridgehead atoms. The van der Waals surface area contributed by atoms with Gasteiger partial charge in [-0.2, -0.15) is 0 Å². The van der Waals surface area contributed by atoms with Gasteiger partial charge in [-0.3, -0.25) is 0 Å². The highest BCUT2D eigenvalue weighted by Gasteiger charge is 2.42. The Balaban J connectivity index is 5.68. The maximum atomic E-state index is 10.3. The van der Waals surface area contributed by atoms with Crippen LogP contribution in [0, 0.1) is 17.3 Å². The van der Waals surface area contributed by atoms with Crippen LogP contribution in [0.4, 0.5) is 0 Å². The molecular formula is C21H46O8P2. The molecule has 0 saturated heterocycles. The Hall–Kier alpha value is 0.540. The van der Waals surface area contributed by atoms with E-state index in [2.05, 4.69) is 27.7 Å². The van der Waals surface area contributed by atoms with Crippen LogP contribution in [-0.4, -0.2) is 57.2 Å². The highest BCUT2D eigenvalue weighted by molar-refractivity contribution is 7.39. The molecule has 0 spiro atoms. The lowest BCUT2D eigenvalue weighted by atomic mass is 9.78. The Bertz CT molecular complexity index is 403.